The predicted molar refractivity (Wildman–Crippen MR) is 92.5 cm³/mol. The summed E-state index contributed by atoms with van der Waals surface area (Å²) < 4.78 is 0. The van der Waals surface area contributed by atoms with Gasteiger partial charge in [-0.25, -0.2) is 0 Å². The average molecular weight is 264 g/mol. The number of rotatable bonds is 2. The zero-order valence-corrected chi connectivity index (χ0v) is 12.7. The van der Waals surface area contributed by atoms with E-state index < -0.39 is 0 Å². The molecule has 1 aliphatic carbocycles. The molecular formula is C20H24. The van der Waals surface area contributed by atoms with E-state index in [-0.39, 0.29) is 0 Å². The second-order valence-corrected chi connectivity index (χ2v) is 4.80. The highest BCUT2D eigenvalue weighted by Crippen LogP contribution is 2.27. The standard InChI is InChI=1S/C18H20.C2H4/c1-4-8-16-9-7-11-17-10-5-6-12-18(17)15(3)14(2)13-16;1-2/h4-7,10-13H,1,8-9H2,2-3H3;1-2H2/b11-7?,15-14+,16-13+;. The van der Waals surface area contributed by atoms with Gasteiger partial charge in [0.25, 0.3) is 0 Å². The van der Waals surface area contributed by atoms with Crippen LogP contribution in [0.2, 0.25) is 0 Å². The molecule has 0 nitrogen and oxygen atoms in total. The van der Waals surface area contributed by atoms with Crippen LogP contribution >= 0.6 is 0 Å². The maximum Gasteiger partial charge on any atom is -0.0129 e. The molecule has 0 saturated carbocycles. The van der Waals surface area contributed by atoms with Gasteiger partial charge in [0.2, 0.25) is 0 Å². The summed E-state index contributed by atoms with van der Waals surface area (Å²) in [6, 6.07) is 8.59. The van der Waals surface area contributed by atoms with Crippen LogP contribution in [-0.4, -0.2) is 0 Å². The first kappa shape index (κ1) is 16.0. The van der Waals surface area contributed by atoms with E-state index in [2.05, 4.69) is 76.1 Å². The molecule has 0 amide bonds. The molecule has 0 aromatic heterocycles. The minimum absolute atomic E-state index is 0.964. The van der Waals surface area contributed by atoms with Gasteiger partial charge in [-0.3, -0.25) is 0 Å². The molecule has 0 bridgehead atoms. The van der Waals surface area contributed by atoms with Crippen LogP contribution in [0, 0.1) is 0 Å². The Morgan fingerprint density at radius 2 is 1.85 bits per heavy atom. The van der Waals surface area contributed by atoms with E-state index in [1.807, 2.05) is 6.08 Å². The van der Waals surface area contributed by atoms with E-state index in [4.69, 9.17) is 0 Å². The Morgan fingerprint density at radius 3 is 2.55 bits per heavy atom. The lowest BCUT2D eigenvalue weighted by Gasteiger charge is -2.08. The Balaban J connectivity index is 0.000000956. The van der Waals surface area contributed by atoms with Gasteiger partial charge in [0.1, 0.15) is 0 Å². The first-order valence-electron chi connectivity index (χ1n) is 6.96. The van der Waals surface area contributed by atoms with Gasteiger partial charge in [-0.05, 0) is 49.0 Å². The van der Waals surface area contributed by atoms with Crippen LogP contribution in [0.5, 0.6) is 0 Å². The van der Waals surface area contributed by atoms with E-state index in [9.17, 15) is 0 Å². The van der Waals surface area contributed by atoms with Crippen LogP contribution in [0.25, 0.3) is 11.6 Å². The Bertz CT molecular complexity index is 553. The van der Waals surface area contributed by atoms with Crippen molar-refractivity contribution in [1.29, 1.82) is 0 Å². The molecule has 0 spiro atoms. The molecule has 0 saturated heterocycles. The summed E-state index contributed by atoms with van der Waals surface area (Å²) in [6.45, 7) is 14.2. The third-order valence-electron chi connectivity index (χ3n) is 3.46. The second kappa shape index (κ2) is 8.16. The number of hydrogen-bond acceptors (Lipinski definition) is 0. The largest absolute Gasteiger partial charge is 0.106 e. The Labute approximate surface area is 123 Å². The van der Waals surface area contributed by atoms with E-state index in [1.54, 1.807) is 0 Å². The maximum absolute atomic E-state index is 3.83. The fourth-order valence-electron chi connectivity index (χ4n) is 2.33. The first-order chi connectivity index (χ1) is 9.72. The summed E-state index contributed by atoms with van der Waals surface area (Å²) in [7, 11) is 0. The molecule has 0 heterocycles. The molecular weight excluding hydrogens is 240 g/mol. The topological polar surface area (TPSA) is 0 Å². The summed E-state index contributed by atoms with van der Waals surface area (Å²) in [6.07, 6.45) is 10.7. The van der Waals surface area contributed by atoms with Crippen molar-refractivity contribution >= 4 is 11.6 Å². The molecule has 2 rings (SSSR count). The fourth-order valence-corrected chi connectivity index (χ4v) is 2.33. The minimum Gasteiger partial charge on any atom is -0.106 e. The third kappa shape index (κ3) is 3.96. The van der Waals surface area contributed by atoms with Crippen molar-refractivity contribution in [3.05, 3.63) is 84.5 Å². The maximum atomic E-state index is 3.83. The molecule has 104 valence electrons. The van der Waals surface area contributed by atoms with Gasteiger partial charge in [-0.2, -0.15) is 0 Å². The molecule has 1 aliphatic rings. The van der Waals surface area contributed by atoms with Crippen molar-refractivity contribution in [3.63, 3.8) is 0 Å². The molecule has 0 unspecified atom stereocenters. The van der Waals surface area contributed by atoms with E-state index in [0.29, 0.717) is 0 Å². The van der Waals surface area contributed by atoms with Crippen LogP contribution in [0.15, 0.2) is 73.4 Å². The number of hydrogen-bond donors (Lipinski definition) is 0. The number of fused-ring (bicyclic) bond motifs is 1. The highest BCUT2D eigenvalue weighted by atomic mass is 14.1. The van der Waals surface area contributed by atoms with Crippen LogP contribution in [0.1, 0.15) is 37.8 Å². The summed E-state index contributed by atoms with van der Waals surface area (Å²) >= 11 is 0. The summed E-state index contributed by atoms with van der Waals surface area (Å²) in [5.41, 5.74) is 6.78. The minimum atomic E-state index is 0.964. The molecule has 0 heteroatoms. The smallest absolute Gasteiger partial charge is 0.0129 e. The summed E-state index contributed by atoms with van der Waals surface area (Å²) in [4.78, 5) is 0. The lowest BCUT2D eigenvalue weighted by molar-refractivity contribution is 1.11. The normalized spacial score (nSPS) is 20.2. The van der Waals surface area contributed by atoms with Crippen molar-refractivity contribution in [1.82, 2.24) is 0 Å². The van der Waals surface area contributed by atoms with Crippen LogP contribution in [0.3, 0.4) is 0 Å². The van der Waals surface area contributed by atoms with Gasteiger partial charge in [-0.15, -0.1) is 19.7 Å². The first-order valence-corrected chi connectivity index (χ1v) is 6.96. The van der Waals surface area contributed by atoms with Crippen LogP contribution in [-0.2, 0) is 0 Å². The SMILES string of the molecule is C=C.C=CC/C1=C\C(C)=C(/C)c2ccccc2C=CC1. The van der Waals surface area contributed by atoms with Crippen molar-refractivity contribution < 1.29 is 0 Å². The van der Waals surface area contributed by atoms with Crippen molar-refractivity contribution in [3.8, 4) is 0 Å². The fraction of sp³-hybridized carbons (Fsp3) is 0.200. The monoisotopic (exact) mass is 264 g/mol. The van der Waals surface area contributed by atoms with Gasteiger partial charge >= 0.3 is 0 Å². The Morgan fingerprint density at radius 1 is 1.15 bits per heavy atom. The van der Waals surface area contributed by atoms with Gasteiger partial charge in [-0.1, -0.05) is 54.1 Å². The Hall–Kier alpha value is -2.08. The van der Waals surface area contributed by atoms with Gasteiger partial charge in [0.15, 0.2) is 0 Å². The molecule has 0 aliphatic heterocycles. The molecule has 0 N–H and O–H groups in total. The highest BCUT2D eigenvalue weighted by Gasteiger charge is 2.06. The molecule has 1 aromatic carbocycles. The predicted octanol–water partition coefficient (Wildman–Crippen LogP) is 6.20. The molecule has 0 fully saturated rings. The van der Waals surface area contributed by atoms with Crippen LogP contribution in [0.4, 0.5) is 0 Å². The summed E-state index contributed by atoms with van der Waals surface area (Å²) in [5.74, 6) is 0. The van der Waals surface area contributed by atoms with E-state index in [0.717, 1.165) is 12.8 Å². The lowest BCUT2D eigenvalue weighted by atomic mass is 9.97. The van der Waals surface area contributed by atoms with Crippen molar-refractivity contribution in [2.75, 3.05) is 0 Å². The summed E-state index contributed by atoms with van der Waals surface area (Å²) in [5, 5.41) is 0. The Kier molecular flexibility index (Phi) is 6.52. The molecule has 0 radical (unpaired) electrons. The second-order valence-electron chi connectivity index (χ2n) is 4.80. The average Bonchev–Trinajstić information content (AvgIpc) is 2.53. The number of allylic oxidation sites excluding steroid dienone is 6. The van der Waals surface area contributed by atoms with Crippen molar-refractivity contribution in [2.45, 2.75) is 26.7 Å². The molecule has 0 atom stereocenters. The van der Waals surface area contributed by atoms with Crippen LogP contribution < -0.4 is 0 Å². The number of benzene rings is 1. The zero-order chi connectivity index (χ0) is 15.0. The van der Waals surface area contributed by atoms with Gasteiger partial charge in [0, 0.05) is 0 Å². The van der Waals surface area contributed by atoms with Crippen molar-refractivity contribution in [2.24, 2.45) is 0 Å². The highest BCUT2D eigenvalue weighted by molar-refractivity contribution is 5.76. The van der Waals surface area contributed by atoms with E-state index >= 15 is 0 Å². The van der Waals surface area contributed by atoms with Gasteiger partial charge in [0.05, 0.1) is 0 Å². The molecule has 20 heavy (non-hydrogen) atoms. The van der Waals surface area contributed by atoms with E-state index in [1.165, 1.54) is 27.8 Å². The molecule has 1 aromatic rings. The lowest BCUT2D eigenvalue weighted by Crippen LogP contribution is -1.87. The third-order valence-corrected chi connectivity index (χ3v) is 3.46. The van der Waals surface area contributed by atoms with Gasteiger partial charge < -0.3 is 0 Å². The zero-order valence-electron chi connectivity index (χ0n) is 12.7. The quantitative estimate of drug-likeness (QED) is 0.558.